The Morgan fingerprint density at radius 2 is 2.24 bits per heavy atom. The standard InChI is InChI=1S/C12H17N3O2/c13-8-3-4-10(11(14)6-8)12(16)15-9-2-1-5-17-7-9/h3-4,6,9H,1-2,5,7,13-14H2,(H,15,16). The maximum atomic E-state index is 12.0. The molecule has 17 heavy (non-hydrogen) atoms. The SMILES string of the molecule is Nc1ccc(C(=O)NC2CCCOC2)c(N)c1. The highest BCUT2D eigenvalue weighted by atomic mass is 16.5. The molecule has 0 bridgehead atoms. The van der Waals surface area contributed by atoms with Crippen molar-refractivity contribution in [3.63, 3.8) is 0 Å². The summed E-state index contributed by atoms with van der Waals surface area (Å²) in [5.74, 6) is -0.169. The number of anilines is 2. The van der Waals surface area contributed by atoms with Crippen LogP contribution in [0.2, 0.25) is 0 Å². The minimum atomic E-state index is -0.169. The predicted octanol–water partition coefficient (Wildman–Crippen LogP) is 0.760. The Kier molecular flexibility index (Phi) is 3.49. The lowest BCUT2D eigenvalue weighted by Gasteiger charge is -2.23. The highest BCUT2D eigenvalue weighted by Crippen LogP contribution is 2.16. The highest BCUT2D eigenvalue weighted by molar-refractivity contribution is 5.99. The maximum Gasteiger partial charge on any atom is 0.253 e. The lowest BCUT2D eigenvalue weighted by atomic mass is 10.1. The lowest BCUT2D eigenvalue weighted by Crippen LogP contribution is -2.40. The van der Waals surface area contributed by atoms with Gasteiger partial charge in [0.25, 0.3) is 5.91 Å². The fourth-order valence-corrected chi connectivity index (χ4v) is 1.91. The van der Waals surface area contributed by atoms with Crippen LogP contribution in [0.4, 0.5) is 11.4 Å². The van der Waals surface area contributed by atoms with Crippen molar-refractivity contribution in [2.45, 2.75) is 18.9 Å². The van der Waals surface area contributed by atoms with Gasteiger partial charge in [0.2, 0.25) is 0 Å². The summed E-state index contributed by atoms with van der Waals surface area (Å²) in [5, 5.41) is 2.91. The molecule has 0 saturated carbocycles. The molecule has 1 aromatic rings. The van der Waals surface area contributed by atoms with E-state index in [0.717, 1.165) is 19.4 Å². The van der Waals surface area contributed by atoms with Gasteiger partial charge in [-0.15, -0.1) is 0 Å². The van der Waals surface area contributed by atoms with Crippen LogP contribution in [0.15, 0.2) is 18.2 Å². The van der Waals surface area contributed by atoms with E-state index in [9.17, 15) is 4.79 Å². The van der Waals surface area contributed by atoms with Crippen molar-refractivity contribution in [2.75, 3.05) is 24.7 Å². The first kappa shape index (κ1) is 11.7. The molecule has 1 unspecified atom stereocenters. The minimum absolute atomic E-state index is 0.0770. The number of ether oxygens (including phenoxy) is 1. The number of amides is 1. The third-order valence-corrected chi connectivity index (χ3v) is 2.82. The van der Waals surface area contributed by atoms with Crippen molar-refractivity contribution in [1.82, 2.24) is 5.32 Å². The smallest absolute Gasteiger partial charge is 0.253 e. The van der Waals surface area contributed by atoms with Crippen molar-refractivity contribution in [2.24, 2.45) is 0 Å². The number of carbonyl (C=O) groups excluding carboxylic acids is 1. The molecule has 5 nitrogen and oxygen atoms in total. The molecule has 1 atom stereocenters. The average Bonchev–Trinajstić information content (AvgIpc) is 2.30. The Hall–Kier alpha value is -1.75. The summed E-state index contributed by atoms with van der Waals surface area (Å²) < 4.78 is 5.30. The quantitative estimate of drug-likeness (QED) is 0.660. The van der Waals surface area contributed by atoms with E-state index in [1.165, 1.54) is 0 Å². The van der Waals surface area contributed by atoms with Gasteiger partial charge in [-0.1, -0.05) is 0 Å². The van der Waals surface area contributed by atoms with Crippen LogP contribution in [0, 0.1) is 0 Å². The molecule has 1 aliphatic heterocycles. The van der Waals surface area contributed by atoms with E-state index in [4.69, 9.17) is 16.2 Å². The molecule has 1 heterocycles. The molecule has 5 N–H and O–H groups in total. The van der Waals surface area contributed by atoms with Crippen molar-refractivity contribution in [3.05, 3.63) is 23.8 Å². The molecular formula is C12H17N3O2. The molecule has 92 valence electrons. The van der Waals surface area contributed by atoms with Crippen LogP contribution < -0.4 is 16.8 Å². The largest absolute Gasteiger partial charge is 0.399 e. The number of rotatable bonds is 2. The molecule has 5 heteroatoms. The van der Waals surface area contributed by atoms with E-state index in [1.54, 1.807) is 18.2 Å². The zero-order valence-corrected chi connectivity index (χ0v) is 9.61. The van der Waals surface area contributed by atoms with E-state index in [0.29, 0.717) is 23.5 Å². The summed E-state index contributed by atoms with van der Waals surface area (Å²) in [4.78, 5) is 12.0. The molecule has 1 saturated heterocycles. The van der Waals surface area contributed by atoms with E-state index < -0.39 is 0 Å². The molecule has 1 aromatic carbocycles. The maximum absolute atomic E-state index is 12.0. The van der Waals surface area contributed by atoms with Crippen LogP contribution in [0.25, 0.3) is 0 Å². The summed E-state index contributed by atoms with van der Waals surface area (Å²) >= 11 is 0. The molecule has 1 fully saturated rings. The van der Waals surface area contributed by atoms with Gasteiger partial charge in [-0.05, 0) is 31.0 Å². The fourth-order valence-electron chi connectivity index (χ4n) is 1.91. The topological polar surface area (TPSA) is 90.4 Å². The van der Waals surface area contributed by atoms with Gasteiger partial charge < -0.3 is 21.5 Å². The van der Waals surface area contributed by atoms with E-state index >= 15 is 0 Å². The van der Waals surface area contributed by atoms with Gasteiger partial charge in [0.15, 0.2) is 0 Å². The zero-order chi connectivity index (χ0) is 12.3. The van der Waals surface area contributed by atoms with Gasteiger partial charge in [-0.2, -0.15) is 0 Å². The fraction of sp³-hybridized carbons (Fsp3) is 0.417. The first-order valence-electron chi connectivity index (χ1n) is 5.70. The van der Waals surface area contributed by atoms with Crippen molar-refractivity contribution >= 4 is 17.3 Å². The minimum Gasteiger partial charge on any atom is -0.399 e. The van der Waals surface area contributed by atoms with E-state index in [1.807, 2.05) is 0 Å². The Morgan fingerprint density at radius 1 is 1.41 bits per heavy atom. The molecule has 2 rings (SSSR count). The highest BCUT2D eigenvalue weighted by Gasteiger charge is 2.18. The molecule has 1 aliphatic rings. The molecule has 1 amide bonds. The van der Waals surface area contributed by atoms with Crippen LogP contribution >= 0.6 is 0 Å². The zero-order valence-electron chi connectivity index (χ0n) is 9.61. The van der Waals surface area contributed by atoms with Crippen molar-refractivity contribution in [3.8, 4) is 0 Å². The summed E-state index contributed by atoms with van der Waals surface area (Å²) in [6.45, 7) is 1.34. The number of nitrogens with one attached hydrogen (secondary N) is 1. The molecule has 0 spiro atoms. The Balaban J connectivity index is 2.03. The number of nitrogens with two attached hydrogens (primary N) is 2. The van der Waals surface area contributed by atoms with Gasteiger partial charge in [-0.3, -0.25) is 4.79 Å². The summed E-state index contributed by atoms with van der Waals surface area (Å²) in [5.41, 5.74) is 12.8. The van der Waals surface area contributed by atoms with Gasteiger partial charge in [-0.25, -0.2) is 0 Å². The first-order valence-corrected chi connectivity index (χ1v) is 5.70. The van der Waals surface area contributed by atoms with Crippen molar-refractivity contribution in [1.29, 1.82) is 0 Å². The van der Waals surface area contributed by atoms with Crippen LogP contribution in [0.3, 0.4) is 0 Å². The number of carbonyl (C=O) groups is 1. The number of hydrogen-bond donors (Lipinski definition) is 3. The monoisotopic (exact) mass is 235 g/mol. The summed E-state index contributed by atoms with van der Waals surface area (Å²) in [6, 6.07) is 4.98. The van der Waals surface area contributed by atoms with Crippen LogP contribution in [0.1, 0.15) is 23.2 Å². The number of nitrogen functional groups attached to an aromatic ring is 2. The van der Waals surface area contributed by atoms with Gasteiger partial charge in [0, 0.05) is 18.0 Å². The Morgan fingerprint density at radius 3 is 2.88 bits per heavy atom. The second-order valence-electron chi connectivity index (χ2n) is 4.23. The van der Waals surface area contributed by atoms with Crippen LogP contribution in [-0.2, 0) is 4.74 Å². The molecule has 0 radical (unpaired) electrons. The summed E-state index contributed by atoms with van der Waals surface area (Å²) in [7, 11) is 0. The third kappa shape index (κ3) is 2.88. The van der Waals surface area contributed by atoms with Crippen LogP contribution in [0.5, 0.6) is 0 Å². The second-order valence-corrected chi connectivity index (χ2v) is 4.23. The predicted molar refractivity (Wildman–Crippen MR) is 66.6 cm³/mol. The van der Waals surface area contributed by atoms with Crippen molar-refractivity contribution < 1.29 is 9.53 Å². The average molecular weight is 235 g/mol. The van der Waals surface area contributed by atoms with E-state index in [-0.39, 0.29) is 11.9 Å². The molecular weight excluding hydrogens is 218 g/mol. The van der Waals surface area contributed by atoms with Gasteiger partial charge in [0.05, 0.1) is 18.2 Å². The number of hydrogen-bond acceptors (Lipinski definition) is 4. The second kappa shape index (κ2) is 5.05. The van der Waals surface area contributed by atoms with Crippen LogP contribution in [-0.4, -0.2) is 25.2 Å². The Bertz CT molecular complexity index is 414. The molecule has 0 aromatic heterocycles. The first-order chi connectivity index (χ1) is 8.16. The van der Waals surface area contributed by atoms with E-state index in [2.05, 4.69) is 5.32 Å². The summed E-state index contributed by atoms with van der Waals surface area (Å²) in [6.07, 6.45) is 1.92. The lowest BCUT2D eigenvalue weighted by molar-refractivity contribution is 0.0624. The van der Waals surface area contributed by atoms with Gasteiger partial charge >= 0.3 is 0 Å². The third-order valence-electron chi connectivity index (χ3n) is 2.82. The Labute approximate surface area is 100 Å². The molecule has 0 aliphatic carbocycles. The van der Waals surface area contributed by atoms with Gasteiger partial charge in [0.1, 0.15) is 0 Å². The number of benzene rings is 1. The normalized spacial score (nSPS) is 19.9.